The monoisotopic (exact) mass is 298 g/mol. The summed E-state index contributed by atoms with van der Waals surface area (Å²) in [5.41, 5.74) is 0. The first kappa shape index (κ1) is 14.6. The van der Waals surface area contributed by atoms with Crippen LogP contribution in [0, 0.1) is 5.92 Å². The molecule has 2 atom stereocenters. The summed E-state index contributed by atoms with van der Waals surface area (Å²) in [7, 11) is 0. The van der Waals surface area contributed by atoms with Gasteiger partial charge in [-0.25, -0.2) is 4.79 Å². The minimum atomic E-state index is -0.832. The van der Waals surface area contributed by atoms with Gasteiger partial charge in [-0.1, -0.05) is 0 Å². The largest absolute Gasteiger partial charge is 0.481 e. The number of hydrogen-bond donors (Lipinski definition) is 2. The lowest BCUT2D eigenvalue weighted by molar-refractivity contribution is -0.161. The minimum absolute atomic E-state index is 0.107. The maximum Gasteiger partial charge on any atom is 0.317 e. The van der Waals surface area contributed by atoms with Gasteiger partial charge in [0.05, 0.1) is 12.5 Å². The van der Waals surface area contributed by atoms with E-state index < -0.39 is 17.7 Å². The molecule has 7 heteroatoms. The second kappa shape index (κ2) is 5.81. The summed E-state index contributed by atoms with van der Waals surface area (Å²) in [6, 6.07) is -0.213. The van der Waals surface area contributed by atoms with Gasteiger partial charge in [-0.2, -0.15) is 0 Å². The number of aliphatic carboxylic acids is 1. The number of likely N-dealkylation sites (tertiary alicyclic amines) is 1. The van der Waals surface area contributed by atoms with Crippen LogP contribution in [0.2, 0.25) is 0 Å². The molecule has 2 aliphatic heterocycles. The zero-order valence-corrected chi connectivity index (χ0v) is 12.0. The van der Waals surface area contributed by atoms with Crippen molar-refractivity contribution in [1.29, 1.82) is 0 Å². The molecule has 2 heterocycles. The highest BCUT2D eigenvalue weighted by Crippen LogP contribution is 2.38. The molecule has 0 radical (unpaired) electrons. The van der Waals surface area contributed by atoms with Crippen molar-refractivity contribution >= 4 is 12.0 Å². The van der Waals surface area contributed by atoms with Gasteiger partial charge < -0.3 is 24.8 Å². The highest BCUT2D eigenvalue weighted by molar-refractivity contribution is 5.77. The van der Waals surface area contributed by atoms with E-state index in [4.69, 9.17) is 14.6 Å². The minimum Gasteiger partial charge on any atom is -0.481 e. The number of ether oxygens (including phenoxy) is 2. The Morgan fingerprint density at radius 3 is 2.76 bits per heavy atom. The van der Waals surface area contributed by atoms with Crippen molar-refractivity contribution in [3.05, 3.63) is 0 Å². The van der Waals surface area contributed by atoms with E-state index in [0.717, 1.165) is 25.7 Å². The number of hydrogen-bond acceptors (Lipinski definition) is 4. The topological polar surface area (TPSA) is 88.1 Å². The quantitative estimate of drug-likeness (QED) is 0.804. The van der Waals surface area contributed by atoms with Crippen molar-refractivity contribution in [2.24, 2.45) is 5.92 Å². The third kappa shape index (κ3) is 3.13. The summed E-state index contributed by atoms with van der Waals surface area (Å²) in [6.07, 6.45) is 4.54. The number of urea groups is 1. The maximum atomic E-state index is 12.0. The molecule has 1 spiro atoms. The van der Waals surface area contributed by atoms with Gasteiger partial charge in [0, 0.05) is 32.5 Å². The molecule has 2 saturated heterocycles. The van der Waals surface area contributed by atoms with Gasteiger partial charge in [0.1, 0.15) is 6.10 Å². The van der Waals surface area contributed by atoms with Gasteiger partial charge >= 0.3 is 12.0 Å². The lowest BCUT2D eigenvalue weighted by Gasteiger charge is -2.22. The van der Waals surface area contributed by atoms with Crippen molar-refractivity contribution in [1.82, 2.24) is 10.2 Å². The Labute approximate surface area is 123 Å². The second-order valence-electron chi connectivity index (χ2n) is 6.12. The fourth-order valence-corrected chi connectivity index (χ4v) is 3.35. The molecular weight excluding hydrogens is 276 g/mol. The molecule has 2 amide bonds. The fraction of sp³-hybridized carbons (Fsp3) is 0.857. The predicted molar refractivity (Wildman–Crippen MR) is 72.7 cm³/mol. The van der Waals surface area contributed by atoms with E-state index in [1.807, 2.05) is 0 Å². The zero-order chi connectivity index (χ0) is 14.9. The molecule has 3 fully saturated rings. The Morgan fingerprint density at radius 2 is 2.10 bits per heavy atom. The highest BCUT2D eigenvalue weighted by atomic mass is 16.7. The standard InChI is InChI=1S/C14H22N2O5/c17-12(18)10-3-6-16(8-10)13(19)15-7-11-9-20-14(21-11)4-1-2-5-14/h10-11H,1-9H2,(H,15,19)(H,17,18). The molecule has 3 aliphatic rings. The molecule has 118 valence electrons. The lowest BCUT2D eigenvalue weighted by atomic mass is 10.1. The van der Waals surface area contributed by atoms with Gasteiger partial charge in [0.2, 0.25) is 0 Å². The number of amides is 2. The van der Waals surface area contributed by atoms with Crippen LogP contribution < -0.4 is 5.32 Å². The average molecular weight is 298 g/mol. The Morgan fingerprint density at radius 1 is 1.33 bits per heavy atom. The van der Waals surface area contributed by atoms with Crippen LogP contribution in [0.5, 0.6) is 0 Å². The first-order chi connectivity index (χ1) is 10.1. The van der Waals surface area contributed by atoms with Crippen LogP contribution in [-0.2, 0) is 14.3 Å². The number of carboxylic acids is 1. The first-order valence-corrected chi connectivity index (χ1v) is 7.65. The van der Waals surface area contributed by atoms with E-state index in [2.05, 4.69) is 5.32 Å². The number of nitrogens with one attached hydrogen (secondary N) is 1. The summed E-state index contributed by atoms with van der Waals surface area (Å²) >= 11 is 0. The van der Waals surface area contributed by atoms with Crippen molar-refractivity contribution in [3.63, 3.8) is 0 Å². The van der Waals surface area contributed by atoms with Crippen molar-refractivity contribution in [2.75, 3.05) is 26.2 Å². The summed E-state index contributed by atoms with van der Waals surface area (Å²) in [5, 5.41) is 11.8. The van der Waals surface area contributed by atoms with E-state index in [1.54, 1.807) is 4.90 Å². The maximum absolute atomic E-state index is 12.0. The number of carbonyl (C=O) groups excluding carboxylic acids is 1. The molecule has 0 aromatic heterocycles. The molecule has 1 saturated carbocycles. The summed E-state index contributed by atoms with van der Waals surface area (Å²) in [4.78, 5) is 24.4. The Hall–Kier alpha value is -1.34. The van der Waals surface area contributed by atoms with E-state index in [1.165, 1.54) is 0 Å². The van der Waals surface area contributed by atoms with Crippen LogP contribution in [0.15, 0.2) is 0 Å². The van der Waals surface area contributed by atoms with Crippen LogP contribution >= 0.6 is 0 Å². The predicted octanol–water partition coefficient (Wildman–Crippen LogP) is 0.788. The third-order valence-corrected chi connectivity index (χ3v) is 4.58. The molecule has 7 nitrogen and oxygen atoms in total. The van der Waals surface area contributed by atoms with E-state index in [-0.39, 0.29) is 18.7 Å². The normalized spacial score (nSPS) is 31.0. The van der Waals surface area contributed by atoms with Crippen molar-refractivity contribution in [3.8, 4) is 0 Å². The van der Waals surface area contributed by atoms with Crippen LogP contribution in [-0.4, -0.2) is 60.1 Å². The van der Waals surface area contributed by atoms with E-state index >= 15 is 0 Å². The smallest absolute Gasteiger partial charge is 0.317 e. The molecule has 0 aromatic carbocycles. The molecule has 0 aromatic rings. The van der Waals surface area contributed by atoms with Crippen LogP contribution in [0.3, 0.4) is 0 Å². The van der Waals surface area contributed by atoms with Crippen LogP contribution in [0.25, 0.3) is 0 Å². The fourth-order valence-electron chi connectivity index (χ4n) is 3.35. The molecule has 3 rings (SSSR count). The lowest BCUT2D eigenvalue weighted by Crippen LogP contribution is -2.43. The van der Waals surface area contributed by atoms with Gasteiger partial charge in [-0.05, 0) is 19.3 Å². The number of carboxylic acid groups (broad SMARTS) is 1. The molecule has 21 heavy (non-hydrogen) atoms. The van der Waals surface area contributed by atoms with Crippen molar-refractivity contribution in [2.45, 2.75) is 44.0 Å². The number of rotatable bonds is 3. The molecule has 1 aliphatic carbocycles. The van der Waals surface area contributed by atoms with Crippen LogP contribution in [0.1, 0.15) is 32.1 Å². The highest BCUT2D eigenvalue weighted by Gasteiger charge is 2.43. The van der Waals surface area contributed by atoms with Crippen molar-refractivity contribution < 1.29 is 24.2 Å². The Bertz CT molecular complexity index is 422. The molecular formula is C14H22N2O5. The van der Waals surface area contributed by atoms with Gasteiger partial charge in [0.15, 0.2) is 5.79 Å². The van der Waals surface area contributed by atoms with E-state index in [0.29, 0.717) is 26.1 Å². The summed E-state index contributed by atoms with van der Waals surface area (Å²) < 4.78 is 11.7. The average Bonchev–Trinajstić information content (AvgIpc) is 3.18. The number of carbonyl (C=O) groups is 2. The second-order valence-corrected chi connectivity index (χ2v) is 6.12. The van der Waals surface area contributed by atoms with Crippen LogP contribution in [0.4, 0.5) is 4.79 Å². The summed E-state index contributed by atoms with van der Waals surface area (Å²) in [5.74, 6) is -1.68. The molecule has 2 unspecified atom stereocenters. The number of nitrogens with zero attached hydrogens (tertiary/aromatic N) is 1. The Kier molecular flexibility index (Phi) is 4.03. The van der Waals surface area contributed by atoms with E-state index in [9.17, 15) is 9.59 Å². The van der Waals surface area contributed by atoms with Gasteiger partial charge in [0.25, 0.3) is 0 Å². The SMILES string of the molecule is O=C(O)C1CCN(C(=O)NCC2COC3(CCCC3)O2)C1. The zero-order valence-electron chi connectivity index (χ0n) is 12.0. The Balaban J connectivity index is 1.41. The van der Waals surface area contributed by atoms with Gasteiger partial charge in [-0.15, -0.1) is 0 Å². The third-order valence-electron chi connectivity index (χ3n) is 4.58. The first-order valence-electron chi connectivity index (χ1n) is 7.65. The molecule has 2 N–H and O–H groups in total. The summed E-state index contributed by atoms with van der Waals surface area (Å²) in [6.45, 7) is 1.70. The molecule has 0 bridgehead atoms. The van der Waals surface area contributed by atoms with Gasteiger partial charge in [-0.3, -0.25) is 4.79 Å².